The summed E-state index contributed by atoms with van der Waals surface area (Å²) in [6.45, 7) is 0.268. The molecule has 1 aliphatic rings. The largest absolute Gasteiger partial charge is 0.396 e. The molecule has 3 atom stereocenters. The molecule has 106 valence electrons. The van der Waals surface area contributed by atoms with Crippen molar-refractivity contribution in [1.29, 1.82) is 0 Å². The van der Waals surface area contributed by atoms with Gasteiger partial charge >= 0.3 is 0 Å². The number of aliphatic hydroxyl groups excluding tert-OH is 1. The van der Waals surface area contributed by atoms with Crippen LogP contribution in [0.15, 0.2) is 30.3 Å². The van der Waals surface area contributed by atoms with Crippen molar-refractivity contribution in [3.05, 3.63) is 35.9 Å². The minimum Gasteiger partial charge on any atom is -0.396 e. The first-order valence-electron chi connectivity index (χ1n) is 7.22. The zero-order valence-corrected chi connectivity index (χ0v) is 12.1. The van der Waals surface area contributed by atoms with Crippen molar-refractivity contribution in [1.82, 2.24) is 0 Å². The number of rotatable bonds is 6. The molecule has 19 heavy (non-hydrogen) atoms. The Hall–Kier alpha value is -0.570. The van der Waals surface area contributed by atoms with Gasteiger partial charge in [0.2, 0.25) is 0 Å². The fraction of sp³-hybridized carbons (Fsp3) is 0.625. The van der Waals surface area contributed by atoms with Crippen LogP contribution in [0.5, 0.6) is 0 Å². The Morgan fingerprint density at radius 1 is 1.11 bits per heavy atom. The van der Waals surface area contributed by atoms with Crippen LogP contribution >= 0.6 is 11.6 Å². The summed E-state index contributed by atoms with van der Waals surface area (Å²) in [7, 11) is 0. The second-order valence-electron chi connectivity index (χ2n) is 5.36. The van der Waals surface area contributed by atoms with Crippen molar-refractivity contribution in [3.63, 3.8) is 0 Å². The predicted octanol–water partition coefficient (Wildman–Crippen LogP) is 3.55. The van der Waals surface area contributed by atoms with Crippen LogP contribution < -0.4 is 0 Å². The maximum Gasteiger partial charge on any atom is 0.0633 e. The van der Waals surface area contributed by atoms with E-state index >= 15 is 0 Å². The van der Waals surface area contributed by atoms with Gasteiger partial charge in [-0.2, -0.15) is 0 Å². The zero-order valence-electron chi connectivity index (χ0n) is 11.3. The Morgan fingerprint density at radius 3 is 2.58 bits per heavy atom. The van der Waals surface area contributed by atoms with E-state index in [-0.39, 0.29) is 24.2 Å². The van der Waals surface area contributed by atoms with Gasteiger partial charge in [-0.25, -0.2) is 0 Å². The molecule has 1 fully saturated rings. The maximum atomic E-state index is 8.83. The third kappa shape index (κ3) is 5.13. The number of benzene rings is 1. The van der Waals surface area contributed by atoms with Crippen LogP contribution in [-0.4, -0.2) is 29.3 Å². The normalized spacial score (nSPS) is 27.4. The van der Waals surface area contributed by atoms with Crippen molar-refractivity contribution in [3.8, 4) is 0 Å². The molecule has 1 aromatic rings. The standard InChI is InChI=1S/C16H23ClO2/c17-14-11-15(8-4-5-9-18)19-16(12-14)10-13-6-2-1-3-7-13/h1-3,6-7,14-16,18H,4-5,8-12H2/t14-,15+,16-/m1/s1. The van der Waals surface area contributed by atoms with Gasteiger partial charge in [0.05, 0.1) is 12.2 Å². The number of hydrogen-bond acceptors (Lipinski definition) is 2. The van der Waals surface area contributed by atoms with Crippen LogP contribution in [0.25, 0.3) is 0 Å². The first-order valence-corrected chi connectivity index (χ1v) is 7.66. The summed E-state index contributed by atoms with van der Waals surface area (Å²) in [5.74, 6) is 0. The van der Waals surface area contributed by atoms with Gasteiger partial charge < -0.3 is 9.84 Å². The molecule has 0 aliphatic carbocycles. The second-order valence-corrected chi connectivity index (χ2v) is 5.98. The van der Waals surface area contributed by atoms with Crippen molar-refractivity contribution in [2.24, 2.45) is 0 Å². The van der Waals surface area contributed by atoms with Crippen LogP contribution in [0.3, 0.4) is 0 Å². The van der Waals surface area contributed by atoms with E-state index in [1.54, 1.807) is 0 Å². The molecule has 1 aromatic carbocycles. The number of alkyl halides is 1. The fourth-order valence-corrected chi connectivity index (χ4v) is 3.13. The summed E-state index contributed by atoms with van der Waals surface area (Å²) in [6, 6.07) is 10.4. The molecule has 1 aliphatic heterocycles. The molecule has 2 rings (SSSR count). The molecule has 1 N–H and O–H groups in total. The summed E-state index contributed by atoms with van der Waals surface area (Å²) < 4.78 is 6.14. The summed E-state index contributed by atoms with van der Waals surface area (Å²) in [6.07, 6.45) is 6.20. The Morgan fingerprint density at radius 2 is 1.84 bits per heavy atom. The molecule has 1 saturated heterocycles. The lowest BCUT2D eigenvalue weighted by Crippen LogP contribution is -2.34. The Kier molecular flexibility index (Phi) is 6.15. The molecule has 0 spiro atoms. The highest BCUT2D eigenvalue weighted by Crippen LogP contribution is 2.28. The number of ether oxygens (including phenoxy) is 1. The minimum absolute atomic E-state index is 0.224. The van der Waals surface area contributed by atoms with Crippen molar-refractivity contribution in [2.75, 3.05) is 6.61 Å². The molecular formula is C16H23ClO2. The lowest BCUT2D eigenvalue weighted by atomic mass is 9.96. The van der Waals surface area contributed by atoms with Gasteiger partial charge in [-0.3, -0.25) is 0 Å². The predicted molar refractivity (Wildman–Crippen MR) is 78.6 cm³/mol. The van der Waals surface area contributed by atoms with E-state index in [0.717, 1.165) is 38.5 Å². The minimum atomic E-state index is 0.224. The zero-order chi connectivity index (χ0) is 13.5. The summed E-state index contributed by atoms with van der Waals surface area (Å²) in [5.41, 5.74) is 1.31. The molecule has 0 aromatic heterocycles. The molecule has 1 heterocycles. The van der Waals surface area contributed by atoms with Crippen molar-refractivity contribution < 1.29 is 9.84 Å². The SMILES string of the molecule is OCCCC[C@H]1C[C@@H](Cl)C[C@@H](Cc2ccccc2)O1. The third-order valence-electron chi connectivity index (χ3n) is 3.66. The molecule has 0 bridgehead atoms. The van der Waals surface area contributed by atoms with Gasteiger partial charge in [0, 0.05) is 12.0 Å². The van der Waals surface area contributed by atoms with Crippen LogP contribution in [0.2, 0.25) is 0 Å². The van der Waals surface area contributed by atoms with Gasteiger partial charge in [-0.15, -0.1) is 11.6 Å². The van der Waals surface area contributed by atoms with Crippen LogP contribution in [0.1, 0.15) is 37.7 Å². The van der Waals surface area contributed by atoms with E-state index < -0.39 is 0 Å². The quantitative estimate of drug-likeness (QED) is 0.639. The molecule has 0 saturated carbocycles. The average Bonchev–Trinajstić information content (AvgIpc) is 2.39. The lowest BCUT2D eigenvalue weighted by Gasteiger charge is -2.33. The topological polar surface area (TPSA) is 29.5 Å². The Labute approximate surface area is 120 Å². The number of halogens is 1. The lowest BCUT2D eigenvalue weighted by molar-refractivity contribution is -0.0514. The first kappa shape index (κ1) is 14.8. The highest BCUT2D eigenvalue weighted by molar-refractivity contribution is 6.20. The first-order chi connectivity index (χ1) is 9.28. The Bertz CT molecular complexity index is 355. The smallest absolute Gasteiger partial charge is 0.0633 e. The van der Waals surface area contributed by atoms with E-state index in [1.807, 2.05) is 6.07 Å². The van der Waals surface area contributed by atoms with Crippen LogP contribution in [-0.2, 0) is 11.2 Å². The number of hydrogen-bond donors (Lipinski definition) is 1. The molecule has 3 heteroatoms. The highest BCUT2D eigenvalue weighted by Gasteiger charge is 2.27. The Balaban J connectivity index is 1.83. The molecule has 0 amide bonds. The molecule has 0 radical (unpaired) electrons. The van der Waals surface area contributed by atoms with E-state index in [9.17, 15) is 0 Å². The molecule has 0 unspecified atom stereocenters. The monoisotopic (exact) mass is 282 g/mol. The number of aliphatic hydroxyl groups is 1. The maximum absolute atomic E-state index is 8.83. The van der Waals surface area contributed by atoms with E-state index in [2.05, 4.69) is 24.3 Å². The highest BCUT2D eigenvalue weighted by atomic mass is 35.5. The van der Waals surface area contributed by atoms with Crippen molar-refractivity contribution >= 4 is 11.6 Å². The summed E-state index contributed by atoms with van der Waals surface area (Å²) in [4.78, 5) is 0. The van der Waals surface area contributed by atoms with Crippen LogP contribution in [0.4, 0.5) is 0 Å². The van der Waals surface area contributed by atoms with Gasteiger partial charge in [0.1, 0.15) is 0 Å². The van der Waals surface area contributed by atoms with Gasteiger partial charge in [-0.1, -0.05) is 30.3 Å². The second kappa shape index (κ2) is 7.88. The average molecular weight is 283 g/mol. The van der Waals surface area contributed by atoms with Gasteiger partial charge in [0.25, 0.3) is 0 Å². The molecule has 2 nitrogen and oxygen atoms in total. The van der Waals surface area contributed by atoms with E-state index in [4.69, 9.17) is 21.4 Å². The van der Waals surface area contributed by atoms with Gasteiger partial charge in [-0.05, 0) is 44.1 Å². The molecular weight excluding hydrogens is 260 g/mol. The van der Waals surface area contributed by atoms with Gasteiger partial charge in [0.15, 0.2) is 0 Å². The van der Waals surface area contributed by atoms with E-state index in [1.165, 1.54) is 5.56 Å². The summed E-state index contributed by atoms with van der Waals surface area (Å²) >= 11 is 6.36. The van der Waals surface area contributed by atoms with E-state index in [0.29, 0.717) is 0 Å². The summed E-state index contributed by atoms with van der Waals surface area (Å²) in [5, 5.41) is 9.05. The third-order valence-corrected chi connectivity index (χ3v) is 4.02. The van der Waals surface area contributed by atoms with Crippen LogP contribution in [0, 0.1) is 0 Å². The fourth-order valence-electron chi connectivity index (χ4n) is 2.73. The van der Waals surface area contributed by atoms with Crippen molar-refractivity contribution in [2.45, 2.75) is 56.1 Å². The number of unbranched alkanes of at least 4 members (excludes halogenated alkanes) is 1.